The third-order valence-electron chi connectivity index (χ3n) is 2.62. The Morgan fingerprint density at radius 1 is 1.50 bits per heavy atom. The maximum absolute atomic E-state index is 12.2. The Balaban J connectivity index is 2.94. The highest BCUT2D eigenvalue weighted by Crippen LogP contribution is 2.14. The van der Waals surface area contributed by atoms with Crippen LogP contribution in [0.3, 0.4) is 0 Å². The van der Waals surface area contributed by atoms with Crippen molar-refractivity contribution in [3.05, 3.63) is 28.5 Å². The minimum atomic E-state index is -0.105. The lowest BCUT2D eigenvalue weighted by Crippen LogP contribution is -2.31. The van der Waals surface area contributed by atoms with Crippen molar-refractivity contribution in [2.45, 2.75) is 26.7 Å². The molecule has 0 atom stereocenters. The van der Waals surface area contributed by atoms with E-state index in [-0.39, 0.29) is 5.91 Å². The second kappa shape index (κ2) is 6.97. The summed E-state index contributed by atoms with van der Waals surface area (Å²) < 4.78 is 0. The first-order valence-corrected chi connectivity index (χ1v) is 6.32. The van der Waals surface area contributed by atoms with Gasteiger partial charge in [-0.1, -0.05) is 18.5 Å². The van der Waals surface area contributed by atoms with Crippen LogP contribution in [0.15, 0.2) is 12.1 Å². The number of rotatable bonds is 5. The van der Waals surface area contributed by atoms with E-state index in [4.69, 9.17) is 16.9 Å². The smallest absolute Gasteiger partial charge is 0.254 e. The fourth-order valence-electron chi connectivity index (χ4n) is 1.63. The molecule has 1 aromatic rings. The minimum absolute atomic E-state index is 0.105. The van der Waals surface area contributed by atoms with E-state index in [1.54, 1.807) is 17.0 Å². The van der Waals surface area contributed by atoms with Gasteiger partial charge in [-0.05, 0) is 25.5 Å². The zero-order valence-corrected chi connectivity index (χ0v) is 11.4. The highest BCUT2D eigenvalue weighted by Gasteiger charge is 2.15. The predicted molar refractivity (Wildman–Crippen MR) is 70.4 cm³/mol. The number of halogens is 1. The van der Waals surface area contributed by atoms with Crippen LogP contribution in [0.2, 0.25) is 5.15 Å². The highest BCUT2D eigenvalue weighted by molar-refractivity contribution is 6.29. The van der Waals surface area contributed by atoms with E-state index in [1.807, 2.05) is 19.9 Å². The number of carbonyl (C=O) groups is 1. The van der Waals surface area contributed by atoms with E-state index >= 15 is 0 Å². The fourth-order valence-corrected chi connectivity index (χ4v) is 1.85. The first-order valence-electron chi connectivity index (χ1n) is 5.95. The van der Waals surface area contributed by atoms with Gasteiger partial charge in [0.2, 0.25) is 0 Å². The molecule has 4 nitrogen and oxygen atoms in total. The van der Waals surface area contributed by atoms with E-state index in [0.717, 1.165) is 12.1 Å². The number of pyridine rings is 1. The monoisotopic (exact) mass is 265 g/mol. The molecule has 0 fully saturated rings. The molecule has 0 radical (unpaired) electrons. The number of nitriles is 1. The molecule has 0 aliphatic carbocycles. The maximum atomic E-state index is 12.2. The van der Waals surface area contributed by atoms with Gasteiger partial charge in [-0.15, -0.1) is 0 Å². The number of hydrogen-bond donors (Lipinski definition) is 0. The summed E-state index contributed by atoms with van der Waals surface area (Å²) in [6.07, 6.45) is 1.06. The summed E-state index contributed by atoms with van der Waals surface area (Å²) in [5.41, 5.74) is 1.33. The maximum Gasteiger partial charge on any atom is 0.254 e. The van der Waals surface area contributed by atoms with E-state index in [1.165, 1.54) is 0 Å². The third kappa shape index (κ3) is 3.71. The SMILES string of the molecule is CCc1cc(C(=O)N(CC)CCC#N)cc(Cl)n1. The summed E-state index contributed by atoms with van der Waals surface area (Å²) in [5, 5.41) is 8.90. The Kier molecular flexibility index (Phi) is 5.60. The van der Waals surface area contributed by atoms with Crippen LogP contribution in [-0.4, -0.2) is 28.9 Å². The standard InChI is InChI=1S/C13H16ClN3O/c1-3-11-8-10(9-12(14)16-11)13(18)17(4-2)7-5-6-15/h8-9H,3-5,7H2,1-2H3. The van der Waals surface area contributed by atoms with Gasteiger partial charge in [0.05, 0.1) is 12.5 Å². The molecule has 0 unspecified atom stereocenters. The van der Waals surface area contributed by atoms with Gasteiger partial charge in [-0.3, -0.25) is 4.79 Å². The second-order valence-electron chi connectivity index (χ2n) is 3.82. The lowest BCUT2D eigenvalue weighted by Gasteiger charge is -2.19. The van der Waals surface area contributed by atoms with Crippen LogP contribution >= 0.6 is 11.6 Å². The van der Waals surface area contributed by atoms with Crippen LogP contribution in [0, 0.1) is 11.3 Å². The Bertz CT molecular complexity index is 468. The Morgan fingerprint density at radius 2 is 2.22 bits per heavy atom. The number of hydrogen-bond acceptors (Lipinski definition) is 3. The molecular formula is C13H16ClN3O. The molecule has 0 aliphatic heterocycles. The molecule has 1 rings (SSSR count). The van der Waals surface area contributed by atoms with Crippen LogP contribution in [0.5, 0.6) is 0 Å². The molecule has 18 heavy (non-hydrogen) atoms. The summed E-state index contributed by atoms with van der Waals surface area (Å²) in [6.45, 7) is 4.86. The van der Waals surface area contributed by atoms with E-state index in [9.17, 15) is 4.79 Å². The van der Waals surface area contributed by atoms with Gasteiger partial charge in [0, 0.05) is 24.3 Å². The number of carbonyl (C=O) groups excluding carboxylic acids is 1. The second-order valence-corrected chi connectivity index (χ2v) is 4.20. The van der Waals surface area contributed by atoms with Crippen molar-refractivity contribution in [2.75, 3.05) is 13.1 Å². The first kappa shape index (κ1) is 14.5. The van der Waals surface area contributed by atoms with E-state index in [2.05, 4.69) is 4.98 Å². The molecule has 1 amide bonds. The van der Waals surface area contributed by atoms with Crippen LogP contribution in [0.1, 0.15) is 36.3 Å². The summed E-state index contributed by atoms with van der Waals surface area (Å²) >= 11 is 5.89. The highest BCUT2D eigenvalue weighted by atomic mass is 35.5. The lowest BCUT2D eigenvalue weighted by atomic mass is 10.1. The average Bonchev–Trinajstić information content (AvgIpc) is 2.38. The molecule has 5 heteroatoms. The van der Waals surface area contributed by atoms with Gasteiger partial charge in [0.25, 0.3) is 5.91 Å². The van der Waals surface area contributed by atoms with Crippen molar-refractivity contribution < 1.29 is 4.79 Å². The number of amides is 1. The Hall–Kier alpha value is -1.60. The van der Waals surface area contributed by atoms with Crippen molar-refractivity contribution in [3.8, 4) is 6.07 Å². The Labute approximate surface area is 112 Å². The topological polar surface area (TPSA) is 57.0 Å². The molecule has 0 N–H and O–H groups in total. The van der Waals surface area contributed by atoms with E-state index in [0.29, 0.717) is 30.2 Å². The first-order chi connectivity index (χ1) is 8.62. The lowest BCUT2D eigenvalue weighted by molar-refractivity contribution is 0.0767. The largest absolute Gasteiger partial charge is 0.338 e. The fraction of sp³-hybridized carbons (Fsp3) is 0.462. The van der Waals surface area contributed by atoms with Crippen LogP contribution < -0.4 is 0 Å². The van der Waals surface area contributed by atoms with Gasteiger partial charge in [0.15, 0.2) is 0 Å². The van der Waals surface area contributed by atoms with Crippen molar-refractivity contribution in [1.82, 2.24) is 9.88 Å². The molecule has 0 aliphatic rings. The number of nitrogens with zero attached hydrogens (tertiary/aromatic N) is 3. The summed E-state index contributed by atoms with van der Waals surface area (Å²) in [6, 6.07) is 5.36. The summed E-state index contributed by atoms with van der Waals surface area (Å²) in [4.78, 5) is 18.0. The molecule has 0 saturated heterocycles. The molecule has 1 aromatic heterocycles. The van der Waals surface area contributed by atoms with Crippen LogP contribution in [-0.2, 0) is 6.42 Å². The van der Waals surface area contributed by atoms with Crippen molar-refractivity contribution in [3.63, 3.8) is 0 Å². The van der Waals surface area contributed by atoms with E-state index < -0.39 is 0 Å². The third-order valence-corrected chi connectivity index (χ3v) is 2.81. The van der Waals surface area contributed by atoms with Crippen molar-refractivity contribution in [2.24, 2.45) is 0 Å². The number of aromatic nitrogens is 1. The number of aryl methyl sites for hydroxylation is 1. The summed E-state index contributed by atoms with van der Waals surface area (Å²) in [5.74, 6) is -0.105. The summed E-state index contributed by atoms with van der Waals surface area (Å²) in [7, 11) is 0. The molecule has 1 heterocycles. The van der Waals surface area contributed by atoms with Gasteiger partial charge in [-0.25, -0.2) is 4.98 Å². The minimum Gasteiger partial charge on any atom is -0.338 e. The van der Waals surface area contributed by atoms with Crippen molar-refractivity contribution in [1.29, 1.82) is 5.26 Å². The zero-order chi connectivity index (χ0) is 13.5. The van der Waals surface area contributed by atoms with Crippen LogP contribution in [0.4, 0.5) is 0 Å². The molecule has 96 valence electrons. The van der Waals surface area contributed by atoms with Gasteiger partial charge >= 0.3 is 0 Å². The molecule has 0 saturated carbocycles. The van der Waals surface area contributed by atoms with Gasteiger partial charge in [-0.2, -0.15) is 5.26 Å². The normalized spacial score (nSPS) is 9.89. The quantitative estimate of drug-likeness (QED) is 0.769. The molecule has 0 spiro atoms. The molecule has 0 aromatic carbocycles. The average molecular weight is 266 g/mol. The van der Waals surface area contributed by atoms with Gasteiger partial charge in [0.1, 0.15) is 5.15 Å². The predicted octanol–water partition coefficient (Wildman–Crippen LogP) is 2.67. The molecule has 0 bridgehead atoms. The van der Waals surface area contributed by atoms with Crippen LogP contribution in [0.25, 0.3) is 0 Å². The Morgan fingerprint density at radius 3 is 2.78 bits per heavy atom. The van der Waals surface area contributed by atoms with Crippen molar-refractivity contribution >= 4 is 17.5 Å². The van der Waals surface area contributed by atoms with Gasteiger partial charge < -0.3 is 4.90 Å². The molecular weight excluding hydrogens is 250 g/mol. The zero-order valence-electron chi connectivity index (χ0n) is 10.6.